The van der Waals surface area contributed by atoms with Gasteiger partial charge in [0.2, 0.25) is 5.82 Å². The second-order valence-electron chi connectivity index (χ2n) is 8.74. The van der Waals surface area contributed by atoms with Crippen LogP contribution in [0.5, 0.6) is 0 Å². The highest BCUT2D eigenvalue weighted by Gasteiger charge is 2.22. The van der Waals surface area contributed by atoms with E-state index in [0.29, 0.717) is 24.6 Å². The van der Waals surface area contributed by atoms with E-state index in [-0.39, 0.29) is 0 Å². The van der Waals surface area contributed by atoms with Gasteiger partial charge in [-0.1, -0.05) is 36.4 Å². The van der Waals surface area contributed by atoms with Crippen molar-refractivity contribution in [3.63, 3.8) is 0 Å². The zero-order chi connectivity index (χ0) is 25.4. The minimum atomic E-state index is -0.397. The van der Waals surface area contributed by atoms with Crippen molar-refractivity contribution in [2.45, 2.75) is 6.92 Å². The molecule has 10 heteroatoms. The van der Waals surface area contributed by atoms with Crippen LogP contribution in [0.1, 0.15) is 16.2 Å². The summed E-state index contributed by atoms with van der Waals surface area (Å²) >= 11 is 0. The average molecular weight is 496 g/mol. The number of hydrogen-bond acceptors (Lipinski definition) is 8. The molecule has 2 aromatic heterocycles. The normalized spacial score (nSPS) is 13.7. The van der Waals surface area contributed by atoms with Gasteiger partial charge in [0, 0.05) is 35.6 Å². The van der Waals surface area contributed by atoms with Gasteiger partial charge in [-0.2, -0.15) is 5.21 Å². The molecule has 1 aliphatic heterocycles. The highest BCUT2D eigenvalue weighted by Crippen LogP contribution is 2.39. The van der Waals surface area contributed by atoms with Crippen LogP contribution in [-0.2, 0) is 9.47 Å². The van der Waals surface area contributed by atoms with Crippen LogP contribution in [0, 0.1) is 6.92 Å². The molecule has 0 unspecified atom stereocenters. The number of anilines is 1. The molecule has 0 amide bonds. The first-order valence-electron chi connectivity index (χ1n) is 12.0. The minimum Gasteiger partial charge on any atom is -0.465 e. The first kappa shape index (κ1) is 22.9. The first-order valence-corrected chi connectivity index (χ1v) is 12.0. The Morgan fingerprint density at radius 1 is 1.00 bits per heavy atom. The van der Waals surface area contributed by atoms with Gasteiger partial charge >= 0.3 is 5.97 Å². The molecule has 3 heterocycles. The number of tetrazole rings is 1. The lowest BCUT2D eigenvalue weighted by Gasteiger charge is -2.31. The van der Waals surface area contributed by atoms with Crippen molar-refractivity contribution in [3.05, 3.63) is 72.1 Å². The van der Waals surface area contributed by atoms with Gasteiger partial charge in [0.1, 0.15) is 5.82 Å². The summed E-state index contributed by atoms with van der Waals surface area (Å²) in [7, 11) is 1.39. The van der Waals surface area contributed by atoms with Gasteiger partial charge < -0.3 is 14.4 Å². The van der Waals surface area contributed by atoms with Crippen molar-refractivity contribution in [3.8, 4) is 28.2 Å². The fourth-order valence-electron chi connectivity index (χ4n) is 4.97. The monoisotopic (exact) mass is 495 g/mol. The SMILES string of the molecule is COC(=O)c1cccc2nc(C)n(-c3ccc(-c4ccccc4-c4nn[nH]n4)c(N4CCOCC4)c3)c12. The van der Waals surface area contributed by atoms with Gasteiger partial charge in [0.15, 0.2) is 0 Å². The number of fused-ring (bicyclic) bond motifs is 1. The summed E-state index contributed by atoms with van der Waals surface area (Å²) in [5.74, 6) is 0.914. The molecule has 5 aromatic rings. The molecule has 1 saturated heterocycles. The third-order valence-corrected chi connectivity index (χ3v) is 6.64. The van der Waals surface area contributed by atoms with Crippen LogP contribution in [0.4, 0.5) is 5.69 Å². The van der Waals surface area contributed by atoms with E-state index in [1.54, 1.807) is 6.07 Å². The Kier molecular flexibility index (Phi) is 5.85. The number of H-pyrrole nitrogens is 1. The molecule has 0 radical (unpaired) electrons. The molecule has 10 nitrogen and oxygen atoms in total. The molecule has 0 bridgehead atoms. The number of hydrogen-bond donors (Lipinski definition) is 1. The van der Waals surface area contributed by atoms with E-state index in [1.807, 2.05) is 41.8 Å². The fourth-order valence-corrected chi connectivity index (χ4v) is 4.97. The molecule has 0 aliphatic carbocycles. The number of aryl methyl sites for hydroxylation is 1. The number of aromatic nitrogens is 6. The molecule has 1 aliphatic rings. The van der Waals surface area contributed by atoms with Crippen molar-refractivity contribution >= 4 is 22.7 Å². The van der Waals surface area contributed by atoms with E-state index >= 15 is 0 Å². The number of carbonyl (C=O) groups is 1. The van der Waals surface area contributed by atoms with Gasteiger partial charge in [0.25, 0.3) is 0 Å². The van der Waals surface area contributed by atoms with Gasteiger partial charge in [0.05, 0.1) is 36.9 Å². The molecule has 186 valence electrons. The van der Waals surface area contributed by atoms with Crippen molar-refractivity contribution in [2.24, 2.45) is 0 Å². The molecule has 37 heavy (non-hydrogen) atoms. The number of methoxy groups -OCH3 is 1. The van der Waals surface area contributed by atoms with Crippen LogP contribution in [0.2, 0.25) is 0 Å². The highest BCUT2D eigenvalue weighted by atomic mass is 16.5. The first-order chi connectivity index (χ1) is 18.2. The quantitative estimate of drug-likeness (QED) is 0.367. The summed E-state index contributed by atoms with van der Waals surface area (Å²) in [6.07, 6.45) is 0. The van der Waals surface area contributed by atoms with Crippen molar-refractivity contribution in [2.75, 3.05) is 38.3 Å². The Balaban J connectivity index is 1.57. The van der Waals surface area contributed by atoms with Gasteiger partial charge in [-0.15, -0.1) is 10.2 Å². The topological polar surface area (TPSA) is 111 Å². The summed E-state index contributed by atoms with van der Waals surface area (Å²) in [6.45, 7) is 4.76. The van der Waals surface area contributed by atoms with E-state index in [0.717, 1.165) is 58.0 Å². The highest BCUT2D eigenvalue weighted by molar-refractivity contribution is 6.03. The number of carbonyl (C=O) groups excluding carboxylic acids is 1. The van der Waals surface area contributed by atoms with E-state index in [9.17, 15) is 4.79 Å². The number of imidazole rings is 1. The lowest BCUT2D eigenvalue weighted by molar-refractivity contribution is 0.0602. The maximum absolute atomic E-state index is 12.6. The maximum Gasteiger partial charge on any atom is 0.340 e. The fraction of sp³-hybridized carbons (Fsp3) is 0.222. The van der Waals surface area contributed by atoms with E-state index in [1.165, 1.54) is 7.11 Å². The minimum absolute atomic E-state index is 0.397. The van der Waals surface area contributed by atoms with Crippen LogP contribution < -0.4 is 4.90 Å². The standard InChI is InChI=1S/C27H25N7O3/c1-17-28-23-9-5-8-22(27(35)36-2)25(23)34(17)18-10-11-20(24(16-18)33-12-14-37-15-13-33)19-6-3-4-7-21(19)26-29-31-32-30-26/h3-11,16H,12-15H2,1-2H3,(H,29,30,31,32). The van der Waals surface area contributed by atoms with Crippen LogP contribution >= 0.6 is 0 Å². The largest absolute Gasteiger partial charge is 0.465 e. The number of para-hydroxylation sites is 1. The zero-order valence-corrected chi connectivity index (χ0v) is 20.5. The van der Waals surface area contributed by atoms with Crippen molar-refractivity contribution in [1.29, 1.82) is 0 Å². The Morgan fingerprint density at radius 2 is 1.81 bits per heavy atom. The lowest BCUT2D eigenvalue weighted by Crippen LogP contribution is -2.36. The summed E-state index contributed by atoms with van der Waals surface area (Å²) in [4.78, 5) is 19.7. The summed E-state index contributed by atoms with van der Waals surface area (Å²) < 4.78 is 12.7. The summed E-state index contributed by atoms with van der Waals surface area (Å²) in [5, 5.41) is 14.7. The summed E-state index contributed by atoms with van der Waals surface area (Å²) in [5.41, 5.74) is 6.81. The predicted octanol–water partition coefficient (Wildman–Crippen LogP) is 3.80. The molecule has 0 saturated carbocycles. The number of nitrogens with zero attached hydrogens (tertiary/aromatic N) is 6. The molecular weight excluding hydrogens is 470 g/mol. The number of nitrogens with one attached hydrogen (secondary N) is 1. The molecule has 0 spiro atoms. The maximum atomic E-state index is 12.6. The van der Waals surface area contributed by atoms with Gasteiger partial charge in [-0.3, -0.25) is 4.57 Å². The number of benzene rings is 3. The van der Waals surface area contributed by atoms with Crippen LogP contribution in [0.25, 0.3) is 39.2 Å². The second-order valence-corrected chi connectivity index (χ2v) is 8.74. The number of morpholine rings is 1. The zero-order valence-electron chi connectivity index (χ0n) is 20.5. The summed E-state index contributed by atoms with van der Waals surface area (Å²) in [6, 6.07) is 19.8. The van der Waals surface area contributed by atoms with Crippen LogP contribution in [0.3, 0.4) is 0 Å². The molecule has 6 rings (SSSR count). The number of esters is 1. The molecule has 1 fully saturated rings. The predicted molar refractivity (Wildman–Crippen MR) is 139 cm³/mol. The average Bonchev–Trinajstić information content (AvgIpc) is 3.60. The van der Waals surface area contributed by atoms with E-state index < -0.39 is 5.97 Å². The van der Waals surface area contributed by atoms with E-state index in [2.05, 4.69) is 49.8 Å². The number of ether oxygens (including phenoxy) is 2. The number of rotatable bonds is 5. The van der Waals surface area contributed by atoms with E-state index in [4.69, 9.17) is 14.5 Å². The third-order valence-electron chi connectivity index (χ3n) is 6.64. The molecule has 3 aromatic carbocycles. The van der Waals surface area contributed by atoms with Crippen LogP contribution in [0.15, 0.2) is 60.7 Å². The van der Waals surface area contributed by atoms with Crippen molar-refractivity contribution in [1.82, 2.24) is 30.2 Å². The van der Waals surface area contributed by atoms with Crippen molar-refractivity contribution < 1.29 is 14.3 Å². The Labute approximate surface area is 212 Å². The third kappa shape index (κ3) is 4.01. The Morgan fingerprint density at radius 3 is 2.57 bits per heavy atom. The number of aromatic amines is 1. The Hall–Kier alpha value is -4.57. The van der Waals surface area contributed by atoms with Gasteiger partial charge in [-0.25, -0.2) is 9.78 Å². The van der Waals surface area contributed by atoms with Crippen LogP contribution in [-0.4, -0.2) is 69.6 Å². The molecule has 0 atom stereocenters. The molecule has 1 N–H and O–H groups in total. The molecular formula is C27H25N7O3. The second kappa shape index (κ2) is 9.47. The Bertz CT molecular complexity index is 1590. The smallest absolute Gasteiger partial charge is 0.340 e. The lowest BCUT2D eigenvalue weighted by atomic mass is 9.96. The van der Waals surface area contributed by atoms with Gasteiger partial charge in [-0.05, 0) is 42.0 Å².